The topological polar surface area (TPSA) is 67.4 Å². The van der Waals surface area contributed by atoms with E-state index in [1.165, 1.54) is 29.5 Å². The first kappa shape index (κ1) is 26.5. The Balaban J connectivity index is 1.59. The summed E-state index contributed by atoms with van der Waals surface area (Å²) in [7, 11) is -2.33. The SMILES string of the molecule is CC(C)(C)[Si](C)(C)Oc1cccc(C2=CN3C(=O)/C(=C\c4ccco4)N=C3C(Cc3ccccc3F)=N2)c1F. The normalized spacial score (nSPS) is 16.7. The van der Waals surface area contributed by atoms with E-state index in [4.69, 9.17) is 13.8 Å². The van der Waals surface area contributed by atoms with E-state index < -0.39 is 25.9 Å². The summed E-state index contributed by atoms with van der Waals surface area (Å²) in [6, 6.07) is 14.6. The number of hydrogen-bond donors (Lipinski definition) is 0. The lowest BCUT2D eigenvalue weighted by Crippen LogP contribution is -2.44. The Morgan fingerprint density at radius 2 is 1.79 bits per heavy atom. The van der Waals surface area contributed by atoms with Gasteiger partial charge in [-0.1, -0.05) is 45.0 Å². The van der Waals surface area contributed by atoms with Crippen molar-refractivity contribution in [2.75, 3.05) is 0 Å². The zero-order valence-corrected chi connectivity index (χ0v) is 23.5. The van der Waals surface area contributed by atoms with Crippen molar-refractivity contribution in [2.24, 2.45) is 9.98 Å². The second-order valence-electron chi connectivity index (χ2n) is 11.0. The Kier molecular flexibility index (Phi) is 6.72. The third-order valence-electron chi connectivity index (χ3n) is 7.21. The van der Waals surface area contributed by atoms with Gasteiger partial charge in [-0.25, -0.2) is 18.8 Å². The molecule has 2 aliphatic rings. The number of benzene rings is 2. The van der Waals surface area contributed by atoms with E-state index in [1.807, 2.05) is 13.1 Å². The minimum Gasteiger partial charge on any atom is -0.542 e. The van der Waals surface area contributed by atoms with Crippen molar-refractivity contribution in [3.05, 3.63) is 101 Å². The average Bonchev–Trinajstić information content (AvgIpc) is 3.49. The molecule has 1 aromatic heterocycles. The fourth-order valence-electron chi connectivity index (χ4n) is 3.99. The Hall–Kier alpha value is -4.11. The smallest absolute Gasteiger partial charge is 0.282 e. The van der Waals surface area contributed by atoms with E-state index in [9.17, 15) is 9.18 Å². The third kappa shape index (κ3) is 5.14. The number of halogens is 2. The van der Waals surface area contributed by atoms with E-state index in [-0.39, 0.29) is 40.0 Å². The van der Waals surface area contributed by atoms with Gasteiger partial charge in [0.05, 0.1) is 17.7 Å². The van der Waals surface area contributed by atoms with Crippen LogP contribution < -0.4 is 4.43 Å². The van der Waals surface area contributed by atoms with Crippen molar-refractivity contribution in [3.63, 3.8) is 0 Å². The van der Waals surface area contributed by atoms with Crippen LogP contribution in [0.5, 0.6) is 5.75 Å². The molecule has 0 bridgehead atoms. The van der Waals surface area contributed by atoms with Gasteiger partial charge >= 0.3 is 0 Å². The van der Waals surface area contributed by atoms with Gasteiger partial charge in [-0.2, -0.15) is 0 Å². The molecule has 0 spiro atoms. The van der Waals surface area contributed by atoms with Crippen molar-refractivity contribution in [2.45, 2.75) is 45.3 Å². The highest BCUT2D eigenvalue weighted by Gasteiger charge is 2.40. The van der Waals surface area contributed by atoms with Crippen LogP contribution in [0.15, 0.2) is 87.2 Å². The molecule has 3 heterocycles. The lowest BCUT2D eigenvalue weighted by Gasteiger charge is -2.36. The highest BCUT2D eigenvalue weighted by molar-refractivity contribution is 6.74. The highest BCUT2D eigenvalue weighted by atomic mass is 28.4. The molecule has 9 heteroatoms. The van der Waals surface area contributed by atoms with Crippen LogP contribution in [0, 0.1) is 11.6 Å². The molecule has 0 aliphatic carbocycles. The number of rotatable bonds is 6. The Labute approximate surface area is 227 Å². The molecule has 6 nitrogen and oxygen atoms in total. The molecule has 0 unspecified atom stereocenters. The lowest BCUT2D eigenvalue weighted by molar-refractivity contribution is -0.120. The van der Waals surface area contributed by atoms with Crippen LogP contribution in [0.2, 0.25) is 18.1 Å². The van der Waals surface area contributed by atoms with Gasteiger partial charge in [0.2, 0.25) is 0 Å². The number of aliphatic imine (C=N–C) groups is 2. The molecule has 0 N–H and O–H groups in total. The number of hydrogen-bond acceptors (Lipinski definition) is 5. The molecule has 0 saturated carbocycles. The molecule has 200 valence electrons. The van der Waals surface area contributed by atoms with Crippen LogP contribution in [0.25, 0.3) is 11.8 Å². The first-order valence-electron chi connectivity index (χ1n) is 12.6. The maximum Gasteiger partial charge on any atom is 0.282 e. The van der Waals surface area contributed by atoms with E-state index in [0.29, 0.717) is 17.0 Å². The molecule has 1 amide bonds. The molecule has 0 saturated heterocycles. The molecule has 0 fully saturated rings. The molecule has 2 aromatic carbocycles. The quantitative estimate of drug-likeness (QED) is 0.243. The Morgan fingerprint density at radius 1 is 1.03 bits per heavy atom. The molecular weight excluding hydrogens is 516 g/mol. The van der Waals surface area contributed by atoms with E-state index in [1.54, 1.807) is 48.5 Å². The summed E-state index contributed by atoms with van der Waals surface area (Å²) >= 11 is 0. The van der Waals surface area contributed by atoms with Gasteiger partial charge in [0.25, 0.3) is 14.2 Å². The van der Waals surface area contributed by atoms with Crippen LogP contribution in [-0.4, -0.2) is 30.7 Å². The van der Waals surface area contributed by atoms with Gasteiger partial charge in [0.1, 0.15) is 23.0 Å². The van der Waals surface area contributed by atoms with Gasteiger partial charge in [-0.05, 0) is 54.0 Å². The number of carbonyl (C=O) groups excluding carboxylic acids is 1. The van der Waals surface area contributed by atoms with Gasteiger partial charge in [0.15, 0.2) is 11.7 Å². The first-order chi connectivity index (χ1) is 18.4. The summed E-state index contributed by atoms with van der Waals surface area (Å²) in [5.74, 6) is -0.541. The third-order valence-corrected chi connectivity index (χ3v) is 11.5. The fourth-order valence-corrected chi connectivity index (χ4v) is 5.01. The molecule has 3 aromatic rings. The molecule has 0 radical (unpaired) electrons. The first-order valence-corrected chi connectivity index (χ1v) is 15.5. The zero-order valence-electron chi connectivity index (χ0n) is 22.5. The van der Waals surface area contributed by atoms with Gasteiger partial charge in [-0.3, -0.25) is 9.69 Å². The van der Waals surface area contributed by atoms with E-state index >= 15 is 4.39 Å². The maximum absolute atomic E-state index is 15.9. The number of amidine groups is 1. The zero-order chi connectivity index (χ0) is 27.9. The predicted molar refractivity (Wildman–Crippen MR) is 151 cm³/mol. The van der Waals surface area contributed by atoms with Crippen LogP contribution in [-0.2, 0) is 11.2 Å². The number of furan rings is 1. The van der Waals surface area contributed by atoms with Crippen molar-refractivity contribution < 1.29 is 22.4 Å². The average molecular weight is 546 g/mol. The minimum atomic E-state index is -2.33. The van der Waals surface area contributed by atoms with E-state index in [0.717, 1.165) is 0 Å². The van der Waals surface area contributed by atoms with Crippen molar-refractivity contribution >= 4 is 37.5 Å². The summed E-state index contributed by atoms with van der Waals surface area (Å²) in [6.45, 7) is 10.3. The van der Waals surface area contributed by atoms with Crippen LogP contribution >= 0.6 is 0 Å². The van der Waals surface area contributed by atoms with Crippen LogP contribution in [0.4, 0.5) is 8.78 Å². The predicted octanol–water partition coefficient (Wildman–Crippen LogP) is 7.22. The second-order valence-corrected chi connectivity index (χ2v) is 15.7. The largest absolute Gasteiger partial charge is 0.542 e. The molecular formula is C30H29F2N3O3Si. The Bertz CT molecular complexity index is 1560. The molecule has 5 rings (SSSR count). The second kappa shape index (κ2) is 9.89. The van der Waals surface area contributed by atoms with Crippen LogP contribution in [0.1, 0.15) is 37.7 Å². The number of amides is 1. The minimum absolute atomic E-state index is 0.0580. The van der Waals surface area contributed by atoms with Crippen molar-refractivity contribution in [1.29, 1.82) is 0 Å². The summed E-state index contributed by atoms with van der Waals surface area (Å²) in [5, 5.41) is -0.130. The fraction of sp³-hybridized carbons (Fsp3) is 0.233. The van der Waals surface area contributed by atoms with Crippen LogP contribution in [0.3, 0.4) is 0 Å². The molecule has 39 heavy (non-hydrogen) atoms. The summed E-state index contributed by atoms with van der Waals surface area (Å²) in [5.41, 5.74) is 1.24. The van der Waals surface area contributed by atoms with Gasteiger partial charge in [-0.15, -0.1) is 0 Å². The van der Waals surface area contributed by atoms with Crippen molar-refractivity contribution in [1.82, 2.24) is 4.90 Å². The molecule has 0 atom stereocenters. The van der Waals surface area contributed by atoms with Gasteiger partial charge in [0, 0.05) is 24.3 Å². The summed E-state index contributed by atoms with van der Waals surface area (Å²) < 4.78 is 42.1. The number of fused-ring (bicyclic) bond motifs is 1. The van der Waals surface area contributed by atoms with E-state index in [2.05, 4.69) is 25.8 Å². The maximum atomic E-state index is 15.9. The molecule has 2 aliphatic heterocycles. The highest BCUT2D eigenvalue weighted by Crippen LogP contribution is 2.39. The Morgan fingerprint density at radius 3 is 2.49 bits per heavy atom. The number of nitrogens with zero attached hydrogens (tertiary/aromatic N) is 3. The van der Waals surface area contributed by atoms with Crippen molar-refractivity contribution in [3.8, 4) is 5.75 Å². The monoisotopic (exact) mass is 545 g/mol. The standard InChI is InChI=1S/C30H29F2N3O3Si/c1-30(2,3)39(4,5)38-26-14-8-12-21(27(26)32)25-18-35-28(23(33-25)16-19-10-6-7-13-22(19)31)34-24(29(35)36)17-20-11-9-15-37-20/h6-15,17-18H,16H2,1-5H3/b24-17+. The summed E-state index contributed by atoms with van der Waals surface area (Å²) in [6.07, 6.45) is 4.54. The lowest BCUT2D eigenvalue weighted by atomic mass is 10.0. The van der Waals surface area contributed by atoms with Gasteiger partial charge < -0.3 is 8.84 Å². The summed E-state index contributed by atoms with van der Waals surface area (Å²) in [4.78, 5) is 23.9. The number of carbonyl (C=O) groups is 1.